The van der Waals surface area contributed by atoms with Crippen LogP contribution in [0.25, 0.3) is 0 Å². The van der Waals surface area contributed by atoms with Crippen LogP contribution < -0.4 is 5.32 Å². The van der Waals surface area contributed by atoms with Crippen molar-refractivity contribution in [2.45, 2.75) is 19.8 Å². The summed E-state index contributed by atoms with van der Waals surface area (Å²) in [5.74, 6) is 0.641. The number of rotatable bonds is 6. The van der Waals surface area contributed by atoms with E-state index in [9.17, 15) is 0 Å². The molecule has 2 rings (SSSR count). The van der Waals surface area contributed by atoms with Gasteiger partial charge in [-0.25, -0.2) is 0 Å². The van der Waals surface area contributed by atoms with E-state index in [0.717, 1.165) is 19.4 Å². The molecule has 1 atom stereocenters. The molecule has 3 heteroatoms. The lowest BCUT2D eigenvalue weighted by Crippen LogP contribution is -2.22. The fourth-order valence-corrected chi connectivity index (χ4v) is 4.04. The molecule has 1 nitrogen and oxygen atoms in total. The average Bonchev–Trinajstić information content (AvgIpc) is 2.75. The Bertz CT molecular complexity index is 521. The summed E-state index contributed by atoms with van der Waals surface area (Å²) in [5, 5.41) is 5.48. The van der Waals surface area contributed by atoms with E-state index in [0.29, 0.717) is 5.92 Å². The number of halogens is 1. The molecular formula is C16H20BrNS. The first-order valence-corrected chi connectivity index (χ1v) is 8.28. The van der Waals surface area contributed by atoms with Crippen molar-refractivity contribution in [1.29, 1.82) is 0 Å². The summed E-state index contributed by atoms with van der Waals surface area (Å²) < 4.78 is 1.25. The fourth-order valence-electron chi connectivity index (χ4n) is 2.41. The molecule has 1 heterocycles. The highest BCUT2D eigenvalue weighted by atomic mass is 79.9. The minimum absolute atomic E-state index is 0.641. The minimum atomic E-state index is 0.641. The van der Waals surface area contributed by atoms with Crippen LogP contribution in [0.3, 0.4) is 0 Å². The fraction of sp³-hybridized carbons (Fsp3) is 0.375. The molecular weight excluding hydrogens is 318 g/mol. The van der Waals surface area contributed by atoms with E-state index in [1.807, 2.05) is 18.4 Å². The number of hydrogen-bond acceptors (Lipinski definition) is 2. The zero-order valence-electron chi connectivity index (χ0n) is 11.4. The van der Waals surface area contributed by atoms with Gasteiger partial charge in [0, 0.05) is 9.35 Å². The third-order valence-electron chi connectivity index (χ3n) is 3.26. The Morgan fingerprint density at radius 1 is 1.26 bits per heavy atom. The van der Waals surface area contributed by atoms with E-state index in [1.165, 1.54) is 20.5 Å². The van der Waals surface area contributed by atoms with Gasteiger partial charge in [0.05, 0.1) is 0 Å². The first-order valence-electron chi connectivity index (χ1n) is 6.61. The molecule has 1 N–H and O–H groups in total. The van der Waals surface area contributed by atoms with E-state index in [1.54, 1.807) is 0 Å². The van der Waals surface area contributed by atoms with Gasteiger partial charge in [0.25, 0.3) is 0 Å². The summed E-state index contributed by atoms with van der Waals surface area (Å²) in [6.07, 6.45) is 2.26. The number of hydrogen-bond donors (Lipinski definition) is 1. The lowest BCUT2D eigenvalue weighted by atomic mass is 9.94. The molecule has 0 saturated heterocycles. The van der Waals surface area contributed by atoms with Crippen molar-refractivity contribution in [1.82, 2.24) is 5.32 Å². The summed E-state index contributed by atoms with van der Waals surface area (Å²) in [5.41, 5.74) is 2.78. The Morgan fingerprint density at radius 2 is 2.11 bits per heavy atom. The largest absolute Gasteiger partial charge is 0.319 e. The second kappa shape index (κ2) is 7.22. The third-order valence-corrected chi connectivity index (χ3v) is 5.21. The van der Waals surface area contributed by atoms with Gasteiger partial charge in [-0.1, -0.05) is 29.8 Å². The summed E-state index contributed by atoms with van der Waals surface area (Å²) in [6, 6.07) is 11.0. The van der Waals surface area contributed by atoms with Gasteiger partial charge in [0.1, 0.15) is 0 Å². The molecule has 0 bridgehead atoms. The maximum Gasteiger partial charge on any atom is 0.0314 e. The molecule has 2 aromatic rings. The SMILES string of the molecule is CNCC(Cc1cccc(C)c1)Cc1sccc1Br. The van der Waals surface area contributed by atoms with Gasteiger partial charge in [0.15, 0.2) is 0 Å². The first kappa shape index (κ1) is 14.8. The van der Waals surface area contributed by atoms with Gasteiger partial charge < -0.3 is 5.32 Å². The molecule has 0 saturated carbocycles. The molecule has 1 aromatic carbocycles. The van der Waals surface area contributed by atoms with E-state index in [4.69, 9.17) is 0 Å². The van der Waals surface area contributed by atoms with Gasteiger partial charge >= 0.3 is 0 Å². The number of nitrogens with one attached hydrogen (secondary N) is 1. The predicted octanol–water partition coefficient (Wildman–Crippen LogP) is 4.44. The Morgan fingerprint density at radius 3 is 2.74 bits per heavy atom. The van der Waals surface area contributed by atoms with Crippen LogP contribution >= 0.6 is 27.3 Å². The molecule has 0 aliphatic rings. The summed E-state index contributed by atoms with van der Waals surface area (Å²) in [4.78, 5) is 1.45. The average molecular weight is 338 g/mol. The Kier molecular flexibility index (Phi) is 5.61. The van der Waals surface area contributed by atoms with Gasteiger partial charge in [-0.2, -0.15) is 0 Å². The van der Waals surface area contributed by atoms with Crippen LogP contribution in [0.1, 0.15) is 16.0 Å². The maximum absolute atomic E-state index is 3.63. The van der Waals surface area contributed by atoms with Crippen molar-refractivity contribution in [3.63, 3.8) is 0 Å². The predicted molar refractivity (Wildman–Crippen MR) is 88.0 cm³/mol. The van der Waals surface area contributed by atoms with Crippen molar-refractivity contribution < 1.29 is 0 Å². The molecule has 0 amide bonds. The molecule has 0 spiro atoms. The van der Waals surface area contributed by atoms with Crippen LogP contribution in [0.2, 0.25) is 0 Å². The van der Waals surface area contributed by atoms with Crippen LogP contribution in [-0.2, 0) is 12.8 Å². The lowest BCUT2D eigenvalue weighted by Gasteiger charge is -2.16. The summed E-state index contributed by atoms with van der Waals surface area (Å²) in [6.45, 7) is 3.21. The van der Waals surface area contributed by atoms with Crippen LogP contribution in [0.5, 0.6) is 0 Å². The smallest absolute Gasteiger partial charge is 0.0314 e. The zero-order chi connectivity index (χ0) is 13.7. The highest BCUT2D eigenvalue weighted by Gasteiger charge is 2.13. The Hall–Kier alpha value is -0.640. The molecule has 19 heavy (non-hydrogen) atoms. The summed E-state index contributed by atoms with van der Waals surface area (Å²) >= 11 is 5.48. The number of thiophene rings is 1. The molecule has 0 aliphatic heterocycles. The standard InChI is InChI=1S/C16H20BrNS/c1-12-4-3-5-13(8-12)9-14(11-18-2)10-16-15(17)6-7-19-16/h3-8,14,18H,9-11H2,1-2H3. The van der Waals surface area contributed by atoms with Crippen molar-refractivity contribution in [2.24, 2.45) is 5.92 Å². The lowest BCUT2D eigenvalue weighted by molar-refractivity contribution is 0.496. The maximum atomic E-state index is 3.63. The molecule has 0 aliphatic carbocycles. The van der Waals surface area contributed by atoms with Crippen molar-refractivity contribution >= 4 is 27.3 Å². The van der Waals surface area contributed by atoms with Crippen LogP contribution in [0.4, 0.5) is 0 Å². The normalized spacial score (nSPS) is 12.6. The van der Waals surface area contributed by atoms with Crippen molar-refractivity contribution in [3.8, 4) is 0 Å². The molecule has 102 valence electrons. The van der Waals surface area contributed by atoms with Crippen LogP contribution in [-0.4, -0.2) is 13.6 Å². The second-order valence-corrected chi connectivity index (χ2v) is 6.87. The van der Waals surface area contributed by atoms with E-state index in [2.05, 4.69) is 63.9 Å². The highest BCUT2D eigenvalue weighted by Crippen LogP contribution is 2.26. The number of aryl methyl sites for hydroxylation is 1. The second-order valence-electron chi connectivity index (χ2n) is 5.01. The summed E-state index contributed by atoms with van der Waals surface area (Å²) in [7, 11) is 2.03. The minimum Gasteiger partial charge on any atom is -0.319 e. The third kappa shape index (κ3) is 4.44. The van der Waals surface area contributed by atoms with Gasteiger partial charge in [-0.05, 0) is 72.2 Å². The van der Waals surface area contributed by atoms with Crippen LogP contribution in [0.15, 0.2) is 40.2 Å². The molecule has 1 aromatic heterocycles. The van der Waals surface area contributed by atoms with Crippen molar-refractivity contribution in [2.75, 3.05) is 13.6 Å². The van der Waals surface area contributed by atoms with Gasteiger partial charge in [0.2, 0.25) is 0 Å². The Labute approximate surface area is 128 Å². The monoisotopic (exact) mass is 337 g/mol. The van der Waals surface area contributed by atoms with E-state index < -0.39 is 0 Å². The van der Waals surface area contributed by atoms with E-state index in [-0.39, 0.29) is 0 Å². The van der Waals surface area contributed by atoms with Gasteiger partial charge in [-0.3, -0.25) is 0 Å². The topological polar surface area (TPSA) is 12.0 Å². The highest BCUT2D eigenvalue weighted by molar-refractivity contribution is 9.10. The zero-order valence-corrected chi connectivity index (χ0v) is 13.9. The van der Waals surface area contributed by atoms with E-state index >= 15 is 0 Å². The van der Waals surface area contributed by atoms with Gasteiger partial charge in [-0.15, -0.1) is 11.3 Å². The molecule has 0 radical (unpaired) electrons. The quantitative estimate of drug-likeness (QED) is 0.821. The number of benzene rings is 1. The first-order chi connectivity index (χ1) is 9.19. The Balaban J connectivity index is 2.06. The molecule has 0 fully saturated rings. The molecule has 1 unspecified atom stereocenters. The van der Waals surface area contributed by atoms with Crippen LogP contribution in [0, 0.1) is 12.8 Å². The van der Waals surface area contributed by atoms with Crippen molar-refractivity contribution in [3.05, 3.63) is 56.2 Å².